The van der Waals surface area contributed by atoms with Gasteiger partial charge in [0.15, 0.2) is 6.10 Å². The monoisotopic (exact) mass is 917 g/mol. The summed E-state index contributed by atoms with van der Waals surface area (Å²) in [6, 6.07) is 0. The third-order valence-corrected chi connectivity index (χ3v) is 13.3. The van der Waals surface area contributed by atoms with Gasteiger partial charge in [-0.3, -0.25) is 14.4 Å². The summed E-state index contributed by atoms with van der Waals surface area (Å²) < 4.78 is 16.9. The molecule has 0 aliphatic carbocycles. The standard InChI is InChI=1S/C59H112O6/c1-4-7-10-13-16-19-22-25-28-29-30-31-32-35-37-40-43-46-49-52-58(61)64-55-56(65-59(62)53-50-47-44-41-38-34-27-24-21-18-15-12-9-6-3)54-63-57(60)51-48-45-42-39-36-33-26-23-20-17-14-11-8-5-2/h24,27,56H,4-23,25-26,28-55H2,1-3H3/b27-24-. The highest BCUT2D eigenvalue weighted by molar-refractivity contribution is 5.71. The van der Waals surface area contributed by atoms with E-state index in [1.807, 2.05) is 0 Å². The van der Waals surface area contributed by atoms with Crippen molar-refractivity contribution in [3.63, 3.8) is 0 Å². The minimum atomic E-state index is -0.768. The Bertz CT molecular complexity index is 1010. The van der Waals surface area contributed by atoms with E-state index in [9.17, 15) is 14.4 Å². The van der Waals surface area contributed by atoms with Crippen molar-refractivity contribution in [2.24, 2.45) is 0 Å². The van der Waals surface area contributed by atoms with Gasteiger partial charge in [0.25, 0.3) is 0 Å². The van der Waals surface area contributed by atoms with Crippen LogP contribution >= 0.6 is 0 Å². The van der Waals surface area contributed by atoms with Crippen LogP contribution in [0.15, 0.2) is 12.2 Å². The Morgan fingerprint density at radius 1 is 0.292 bits per heavy atom. The molecule has 0 rings (SSSR count). The van der Waals surface area contributed by atoms with E-state index in [1.165, 1.54) is 225 Å². The summed E-state index contributed by atoms with van der Waals surface area (Å²) in [5.74, 6) is -0.851. The molecule has 0 saturated carbocycles. The number of hydrogen-bond acceptors (Lipinski definition) is 6. The first-order valence-electron chi connectivity index (χ1n) is 29.2. The maximum Gasteiger partial charge on any atom is 0.306 e. The third kappa shape index (κ3) is 53.0. The summed E-state index contributed by atoms with van der Waals surface area (Å²) in [6.45, 7) is 6.68. The van der Waals surface area contributed by atoms with Crippen molar-refractivity contribution in [1.29, 1.82) is 0 Å². The molecule has 0 amide bonds. The second-order valence-corrected chi connectivity index (χ2v) is 19.9. The van der Waals surface area contributed by atoms with Crippen LogP contribution in [0.3, 0.4) is 0 Å². The average molecular weight is 918 g/mol. The van der Waals surface area contributed by atoms with E-state index in [1.54, 1.807) is 0 Å². The fraction of sp³-hybridized carbons (Fsp3) is 0.915. The number of carbonyl (C=O) groups excluding carboxylic acids is 3. The fourth-order valence-corrected chi connectivity index (χ4v) is 8.85. The van der Waals surface area contributed by atoms with E-state index in [0.29, 0.717) is 19.3 Å². The van der Waals surface area contributed by atoms with Crippen molar-refractivity contribution in [2.75, 3.05) is 13.2 Å². The summed E-state index contributed by atoms with van der Waals surface area (Å²) >= 11 is 0. The highest BCUT2D eigenvalue weighted by Crippen LogP contribution is 2.17. The fourth-order valence-electron chi connectivity index (χ4n) is 8.85. The molecule has 1 atom stereocenters. The molecule has 0 aromatic heterocycles. The summed E-state index contributed by atoms with van der Waals surface area (Å²) in [5.41, 5.74) is 0. The van der Waals surface area contributed by atoms with Crippen molar-refractivity contribution >= 4 is 17.9 Å². The molecule has 0 N–H and O–H groups in total. The van der Waals surface area contributed by atoms with Gasteiger partial charge in [0, 0.05) is 19.3 Å². The number of hydrogen-bond donors (Lipinski definition) is 0. The lowest BCUT2D eigenvalue weighted by Gasteiger charge is -2.18. The molecule has 0 saturated heterocycles. The largest absolute Gasteiger partial charge is 0.462 e. The van der Waals surface area contributed by atoms with Gasteiger partial charge in [-0.25, -0.2) is 0 Å². The molecule has 0 bridgehead atoms. The summed E-state index contributed by atoms with van der Waals surface area (Å²) in [4.78, 5) is 38.1. The summed E-state index contributed by atoms with van der Waals surface area (Å²) in [7, 11) is 0. The third-order valence-electron chi connectivity index (χ3n) is 13.3. The summed E-state index contributed by atoms with van der Waals surface area (Å²) in [6.07, 6.45) is 62.0. The quantitative estimate of drug-likeness (QED) is 0.0262. The van der Waals surface area contributed by atoms with E-state index in [2.05, 4.69) is 32.9 Å². The highest BCUT2D eigenvalue weighted by atomic mass is 16.6. The Kier molecular flexibility index (Phi) is 53.2. The van der Waals surface area contributed by atoms with Crippen LogP contribution in [0.25, 0.3) is 0 Å². The first-order chi connectivity index (χ1) is 32.0. The van der Waals surface area contributed by atoms with Gasteiger partial charge in [-0.2, -0.15) is 0 Å². The molecule has 0 aromatic rings. The van der Waals surface area contributed by atoms with Gasteiger partial charge in [-0.1, -0.05) is 277 Å². The lowest BCUT2D eigenvalue weighted by Crippen LogP contribution is -2.30. The van der Waals surface area contributed by atoms with Crippen molar-refractivity contribution in [3.8, 4) is 0 Å². The van der Waals surface area contributed by atoms with E-state index in [4.69, 9.17) is 14.2 Å². The van der Waals surface area contributed by atoms with Crippen LogP contribution in [0.5, 0.6) is 0 Å². The molecule has 65 heavy (non-hydrogen) atoms. The Morgan fingerprint density at radius 3 is 0.769 bits per heavy atom. The maximum atomic E-state index is 12.8. The normalized spacial score (nSPS) is 12.0. The zero-order valence-corrected chi connectivity index (χ0v) is 44.0. The number of carbonyl (C=O) groups is 3. The molecular weight excluding hydrogens is 805 g/mol. The van der Waals surface area contributed by atoms with Crippen LogP contribution in [0, 0.1) is 0 Å². The van der Waals surface area contributed by atoms with E-state index >= 15 is 0 Å². The first-order valence-corrected chi connectivity index (χ1v) is 29.2. The van der Waals surface area contributed by atoms with Crippen molar-refractivity contribution in [1.82, 2.24) is 0 Å². The van der Waals surface area contributed by atoms with E-state index in [-0.39, 0.29) is 31.1 Å². The van der Waals surface area contributed by atoms with Crippen LogP contribution < -0.4 is 0 Å². The van der Waals surface area contributed by atoms with Gasteiger partial charge >= 0.3 is 17.9 Å². The second kappa shape index (κ2) is 54.8. The zero-order valence-electron chi connectivity index (χ0n) is 44.0. The van der Waals surface area contributed by atoms with Crippen LogP contribution in [0.1, 0.15) is 329 Å². The molecular formula is C59H112O6. The Morgan fingerprint density at radius 2 is 0.508 bits per heavy atom. The van der Waals surface area contributed by atoms with Gasteiger partial charge in [0.1, 0.15) is 13.2 Å². The predicted octanol–water partition coefficient (Wildman–Crippen LogP) is 19.3. The zero-order chi connectivity index (χ0) is 47.2. The second-order valence-electron chi connectivity index (χ2n) is 19.9. The Labute approximate surface area is 405 Å². The molecule has 0 aromatic carbocycles. The molecule has 0 spiro atoms. The summed E-state index contributed by atoms with van der Waals surface area (Å²) in [5, 5.41) is 0. The Hall–Kier alpha value is -1.85. The molecule has 1 unspecified atom stereocenters. The maximum absolute atomic E-state index is 12.8. The topological polar surface area (TPSA) is 78.9 Å². The highest BCUT2D eigenvalue weighted by Gasteiger charge is 2.19. The first kappa shape index (κ1) is 63.1. The SMILES string of the molecule is CCCCCCC/C=C\CCCCCCCC(=O)OC(COC(=O)CCCCCCCCCCCCCCCC)COC(=O)CCCCCCCCCCCCCCCCCCCCC. The minimum absolute atomic E-state index is 0.0674. The van der Waals surface area contributed by atoms with Crippen molar-refractivity contribution in [2.45, 2.75) is 335 Å². The molecule has 6 nitrogen and oxygen atoms in total. The van der Waals surface area contributed by atoms with Crippen molar-refractivity contribution in [3.05, 3.63) is 12.2 Å². The van der Waals surface area contributed by atoms with Gasteiger partial charge in [-0.05, 0) is 44.9 Å². The molecule has 0 aliphatic heterocycles. The number of esters is 3. The molecule has 6 heteroatoms. The van der Waals surface area contributed by atoms with Gasteiger partial charge in [0.05, 0.1) is 0 Å². The van der Waals surface area contributed by atoms with Crippen LogP contribution in [-0.2, 0) is 28.6 Å². The van der Waals surface area contributed by atoms with E-state index < -0.39 is 6.10 Å². The lowest BCUT2D eigenvalue weighted by atomic mass is 10.0. The lowest BCUT2D eigenvalue weighted by molar-refractivity contribution is -0.167. The Balaban J connectivity index is 4.29. The van der Waals surface area contributed by atoms with E-state index in [0.717, 1.165) is 64.2 Å². The number of rotatable bonds is 54. The molecule has 0 fully saturated rings. The number of allylic oxidation sites excluding steroid dienone is 2. The van der Waals surface area contributed by atoms with Gasteiger partial charge in [-0.15, -0.1) is 0 Å². The van der Waals surface area contributed by atoms with Crippen LogP contribution in [0.2, 0.25) is 0 Å². The molecule has 0 aliphatic rings. The number of ether oxygens (including phenoxy) is 3. The van der Waals surface area contributed by atoms with Crippen LogP contribution in [0.4, 0.5) is 0 Å². The number of unbranched alkanes of at least 4 members (excludes halogenated alkanes) is 41. The van der Waals surface area contributed by atoms with Crippen LogP contribution in [-0.4, -0.2) is 37.2 Å². The molecule has 0 heterocycles. The average Bonchev–Trinajstić information content (AvgIpc) is 3.30. The minimum Gasteiger partial charge on any atom is -0.462 e. The van der Waals surface area contributed by atoms with Gasteiger partial charge < -0.3 is 14.2 Å². The van der Waals surface area contributed by atoms with Crippen molar-refractivity contribution < 1.29 is 28.6 Å². The smallest absolute Gasteiger partial charge is 0.306 e. The molecule has 384 valence electrons. The van der Waals surface area contributed by atoms with Gasteiger partial charge in [0.2, 0.25) is 0 Å². The molecule has 0 radical (unpaired) electrons. The predicted molar refractivity (Wildman–Crippen MR) is 280 cm³/mol.